The van der Waals surface area contributed by atoms with Crippen molar-refractivity contribution in [2.45, 2.75) is 25.9 Å². The first-order valence-corrected chi connectivity index (χ1v) is 5.77. The van der Waals surface area contributed by atoms with Crippen molar-refractivity contribution in [3.63, 3.8) is 0 Å². The van der Waals surface area contributed by atoms with E-state index in [-0.39, 0.29) is 0 Å². The van der Waals surface area contributed by atoms with E-state index in [2.05, 4.69) is 42.2 Å². The Morgan fingerprint density at radius 3 is 2.73 bits per heavy atom. The van der Waals surface area contributed by atoms with Gasteiger partial charge in [0.15, 0.2) is 0 Å². The number of benzene rings is 1. The molecule has 0 aromatic heterocycles. The summed E-state index contributed by atoms with van der Waals surface area (Å²) >= 11 is 0. The number of hydrogen-bond donors (Lipinski definition) is 1. The minimum atomic E-state index is 0.339. The van der Waals surface area contributed by atoms with Gasteiger partial charge in [0.25, 0.3) is 0 Å². The molecule has 0 radical (unpaired) electrons. The SMILES string of the molecule is C[C@@H](N)[C@@H]1CCN(Cc2ccccc2)C1. The molecule has 1 aromatic carbocycles. The lowest BCUT2D eigenvalue weighted by Crippen LogP contribution is -2.29. The van der Waals surface area contributed by atoms with Crippen LogP contribution in [0.1, 0.15) is 18.9 Å². The summed E-state index contributed by atoms with van der Waals surface area (Å²) in [6.07, 6.45) is 1.25. The molecule has 1 fully saturated rings. The normalized spacial score (nSPS) is 24.3. The summed E-state index contributed by atoms with van der Waals surface area (Å²) < 4.78 is 0. The highest BCUT2D eigenvalue weighted by Gasteiger charge is 2.24. The molecule has 2 N–H and O–H groups in total. The Balaban J connectivity index is 1.88. The Morgan fingerprint density at radius 1 is 1.40 bits per heavy atom. The van der Waals surface area contributed by atoms with Crippen LogP contribution in [0.25, 0.3) is 0 Å². The van der Waals surface area contributed by atoms with Crippen LogP contribution in [-0.4, -0.2) is 24.0 Å². The van der Waals surface area contributed by atoms with Crippen molar-refractivity contribution in [2.24, 2.45) is 11.7 Å². The minimum Gasteiger partial charge on any atom is -0.328 e. The maximum Gasteiger partial charge on any atom is 0.0233 e. The largest absolute Gasteiger partial charge is 0.328 e. The second-order valence-electron chi connectivity index (χ2n) is 4.63. The fraction of sp³-hybridized carbons (Fsp3) is 0.538. The molecular weight excluding hydrogens is 184 g/mol. The first kappa shape index (κ1) is 10.7. The van der Waals surface area contributed by atoms with Crippen molar-refractivity contribution in [1.82, 2.24) is 4.90 Å². The highest BCUT2D eigenvalue weighted by Crippen LogP contribution is 2.20. The van der Waals surface area contributed by atoms with E-state index in [1.54, 1.807) is 0 Å². The molecule has 2 nitrogen and oxygen atoms in total. The fourth-order valence-electron chi connectivity index (χ4n) is 2.28. The van der Waals surface area contributed by atoms with Gasteiger partial charge in [-0.3, -0.25) is 4.90 Å². The molecular formula is C13H20N2. The molecule has 2 atom stereocenters. The standard InChI is InChI=1S/C13H20N2/c1-11(14)13-7-8-15(10-13)9-12-5-3-2-4-6-12/h2-6,11,13H,7-10,14H2,1H3/t11-,13-/m1/s1. The highest BCUT2D eigenvalue weighted by molar-refractivity contribution is 5.14. The van der Waals surface area contributed by atoms with Gasteiger partial charge in [-0.25, -0.2) is 0 Å². The van der Waals surface area contributed by atoms with Gasteiger partial charge >= 0.3 is 0 Å². The molecule has 0 bridgehead atoms. The van der Waals surface area contributed by atoms with Crippen molar-refractivity contribution in [1.29, 1.82) is 0 Å². The van der Waals surface area contributed by atoms with Crippen molar-refractivity contribution in [3.8, 4) is 0 Å². The summed E-state index contributed by atoms with van der Waals surface area (Å²) in [6.45, 7) is 5.55. The van der Waals surface area contributed by atoms with Gasteiger partial charge in [0, 0.05) is 19.1 Å². The Labute approximate surface area is 92.1 Å². The minimum absolute atomic E-state index is 0.339. The monoisotopic (exact) mass is 204 g/mol. The highest BCUT2D eigenvalue weighted by atomic mass is 15.1. The Morgan fingerprint density at radius 2 is 2.13 bits per heavy atom. The maximum atomic E-state index is 5.93. The van der Waals surface area contributed by atoms with E-state index in [1.807, 2.05) is 0 Å². The van der Waals surface area contributed by atoms with Gasteiger partial charge in [0.1, 0.15) is 0 Å². The van der Waals surface area contributed by atoms with Gasteiger partial charge in [-0.2, -0.15) is 0 Å². The average molecular weight is 204 g/mol. The lowest BCUT2D eigenvalue weighted by Gasteiger charge is -2.17. The molecule has 0 spiro atoms. The summed E-state index contributed by atoms with van der Waals surface area (Å²) in [6, 6.07) is 11.0. The van der Waals surface area contributed by atoms with E-state index in [4.69, 9.17) is 5.73 Å². The lowest BCUT2D eigenvalue weighted by molar-refractivity contribution is 0.308. The van der Waals surface area contributed by atoms with Crippen molar-refractivity contribution in [3.05, 3.63) is 35.9 Å². The number of nitrogens with zero attached hydrogens (tertiary/aromatic N) is 1. The van der Waals surface area contributed by atoms with Crippen LogP contribution in [0.4, 0.5) is 0 Å². The molecule has 82 valence electrons. The third-order valence-corrected chi connectivity index (χ3v) is 3.30. The topological polar surface area (TPSA) is 29.3 Å². The molecule has 1 aromatic rings. The predicted octanol–water partition coefficient (Wildman–Crippen LogP) is 1.86. The van der Waals surface area contributed by atoms with E-state index < -0.39 is 0 Å². The van der Waals surface area contributed by atoms with Crippen LogP contribution >= 0.6 is 0 Å². The number of nitrogens with two attached hydrogens (primary N) is 1. The van der Waals surface area contributed by atoms with Crippen LogP contribution in [0.15, 0.2) is 30.3 Å². The van der Waals surface area contributed by atoms with Crippen molar-refractivity contribution < 1.29 is 0 Å². The van der Waals surface area contributed by atoms with E-state index >= 15 is 0 Å². The summed E-state index contributed by atoms with van der Waals surface area (Å²) in [5, 5.41) is 0. The average Bonchev–Trinajstić information content (AvgIpc) is 2.68. The van der Waals surface area contributed by atoms with E-state index in [0.29, 0.717) is 12.0 Å². The van der Waals surface area contributed by atoms with E-state index in [9.17, 15) is 0 Å². The summed E-state index contributed by atoms with van der Waals surface area (Å²) in [5.41, 5.74) is 7.33. The fourth-order valence-corrected chi connectivity index (χ4v) is 2.28. The third kappa shape index (κ3) is 2.80. The molecule has 0 amide bonds. The second kappa shape index (κ2) is 4.77. The molecule has 0 unspecified atom stereocenters. The van der Waals surface area contributed by atoms with Gasteiger partial charge in [0.2, 0.25) is 0 Å². The zero-order valence-electron chi connectivity index (χ0n) is 9.39. The Kier molecular flexibility index (Phi) is 3.39. The van der Waals surface area contributed by atoms with E-state index in [0.717, 1.165) is 13.1 Å². The van der Waals surface area contributed by atoms with Crippen LogP contribution in [0.5, 0.6) is 0 Å². The van der Waals surface area contributed by atoms with Crippen molar-refractivity contribution in [2.75, 3.05) is 13.1 Å². The molecule has 1 aliphatic heterocycles. The van der Waals surface area contributed by atoms with Crippen molar-refractivity contribution >= 4 is 0 Å². The molecule has 1 heterocycles. The van der Waals surface area contributed by atoms with Gasteiger partial charge in [-0.1, -0.05) is 30.3 Å². The molecule has 1 aliphatic rings. The first-order chi connectivity index (χ1) is 7.25. The second-order valence-corrected chi connectivity index (χ2v) is 4.63. The molecule has 2 heteroatoms. The molecule has 1 saturated heterocycles. The van der Waals surface area contributed by atoms with Gasteiger partial charge < -0.3 is 5.73 Å². The quantitative estimate of drug-likeness (QED) is 0.814. The van der Waals surface area contributed by atoms with Crippen LogP contribution in [0.2, 0.25) is 0 Å². The zero-order valence-corrected chi connectivity index (χ0v) is 9.39. The van der Waals surface area contributed by atoms with Crippen LogP contribution in [0.3, 0.4) is 0 Å². The van der Waals surface area contributed by atoms with Crippen LogP contribution in [-0.2, 0) is 6.54 Å². The lowest BCUT2D eigenvalue weighted by atomic mass is 10.0. The van der Waals surface area contributed by atoms with Gasteiger partial charge in [0.05, 0.1) is 0 Å². The molecule has 2 rings (SSSR count). The predicted molar refractivity (Wildman–Crippen MR) is 63.5 cm³/mol. The van der Waals surface area contributed by atoms with Gasteiger partial charge in [-0.15, -0.1) is 0 Å². The maximum absolute atomic E-state index is 5.93. The van der Waals surface area contributed by atoms with Gasteiger partial charge in [-0.05, 0) is 31.4 Å². The molecule has 0 saturated carbocycles. The first-order valence-electron chi connectivity index (χ1n) is 5.77. The third-order valence-electron chi connectivity index (χ3n) is 3.30. The van der Waals surface area contributed by atoms with E-state index in [1.165, 1.54) is 18.5 Å². The zero-order chi connectivity index (χ0) is 10.7. The van der Waals surface area contributed by atoms with Crippen LogP contribution in [0, 0.1) is 5.92 Å². The number of likely N-dealkylation sites (tertiary alicyclic amines) is 1. The Bertz CT molecular complexity index is 295. The summed E-state index contributed by atoms with van der Waals surface area (Å²) in [7, 11) is 0. The summed E-state index contributed by atoms with van der Waals surface area (Å²) in [5.74, 6) is 0.689. The Hall–Kier alpha value is -0.860. The summed E-state index contributed by atoms with van der Waals surface area (Å²) in [4.78, 5) is 2.50. The molecule has 0 aliphatic carbocycles. The smallest absolute Gasteiger partial charge is 0.0233 e. The molecule has 15 heavy (non-hydrogen) atoms. The number of hydrogen-bond acceptors (Lipinski definition) is 2. The van der Waals surface area contributed by atoms with Crippen LogP contribution < -0.4 is 5.73 Å². The number of rotatable bonds is 3.